The van der Waals surface area contributed by atoms with Crippen LogP contribution in [-0.4, -0.2) is 28.9 Å². The maximum absolute atomic E-state index is 12.7. The van der Waals surface area contributed by atoms with Gasteiger partial charge < -0.3 is 10.2 Å². The molecule has 1 saturated heterocycles. The van der Waals surface area contributed by atoms with E-state index < -0.39 is 5.92 Å². The van der Waals surface area contributed by atoms with Gasteiger partial charge in [0.2, 0.25) is 11.8 Å². The molecular formula is C24H23ClN4O3. The van der Waals surface area contributed by atoms with Gasteiger partial charge in [0.1, 0.15) is 0 Å². The topological polar surface area (TPSA) is 83.4 Å². The Bertz CT molecular complexity index is 1170. The van der Waals surface area contributed by atoms with Gasteiger partial charge in [-0.25, -0.2) is 0 Å². The van der Waals surface area contributed by atoms with Crippen LogP contribution < -0.4 is 15.6 Å². The number of para-hydroxylation sites is 1. The third-order valence-corrected chi connectivity index (χ3v) is 5.86. The van der Waals surface area contributed by atoms with E-state index in [4.69, 9.17) is 11.6 Å². The van der Waals surface area contributed by atoms with Gasteiger partial charge in [0.05, 0.1) is 16.6 Å². The number of benzene rings is 2. The van der Waals surface area contributed by atoms with Gasteiger partial charge in [0.25, 0.3) is 5.91 Å². The SMILES string of the molecule is Cc1ccc(C)n1NC(=O)c1ccc(NC(=O)[C@H]2CC(=O)N(c3ccccc3Cl)C2)cc1. The summed E-state index contributed by atoms with van der Waals surface area (Å²) in [6, 6.07) is 17.6. The lowest BCUT2D eigenvalue weighted by Crippen LogP contribution is -2.28. The van der Waals surface area contributed by atoms with Crippen molar-refractivity contribution >= 4 is 40.7 Å². The highest BCUT2D eigenvalue weighted by Crippen LogP contribution is 2.31. The first-order chi connectivity index (χ1) is 15.3. The van der Waals surface area contributed by atoms with Gasteiger partial charge in [0, 0.05) is 35.6 Å². The Morgan fingerprint density at radius 2 is 1.62 bits per heavy atom. The fourth-order valence-electron chi connectivity index (χ4n) is 3.75. The average molecular weight is 451 g/mol. The monoisotopic (exact) mass is 450 g/mol. The normalized spacial score (nSPS) is 15.7. The molecule has 1 aliphatic rings. The number of halogens is 1. The fourth-order valence-corrected chi connectivity index (χ4v) is 3.98. The Morgan fingerprint density at radius 3 is 2.28 bits per heavy atom. The zero-order chi connectivity index (χ0) is 22.8. The number of rotatable bonds is 5. The molecule has 3 aromatic rings. The summed E-state index contributed by atoms with van der Waals surface area (Å²) in [7, 11) is 0. The van der Waals surface area contributed by atoms with Crippen LogP contribution >= 0.6 is 11.6 Å². The van der Waals surface area contributed by atoms with Crippen molar-refractivity contribution in [3.63, 3.8) is 0 Å². The Balaban J connectivity index is 1.38. The molecule has 1 fully saturated rings. The number of amides is 3. The molecule has 2 N–H and O–H groups in total. The molecular weight excluding hydrogens is 428 g/mol. The number of hydrogen-bond donors (Lipinski definition) is 2. The number of nitrogens with one attached hydrogen (secondary N) is 2. The highest BCUT2D eigenvalue weighted by atomic mass is 35.5. The summed E-state index contributed by atoms with van der Waals surface area (Å²) in [5, 5.41) is 3.31. The molecule has 4 rings (SSSR count). The second kappa shape index (κ2) is 8.88. The first kappa shape index (κ1) is 21.6. The Hall–Kier alpha value is -3.58. The molecule has 164 valence electrons. The van der Waals surface area contributed by atoms with Crippen LogP contribution in [0.4, 0.5) is 11.4 Å². The largest absolute Gasteiger partial charge is 0.326 e. The molecule has 1 atom stereocenters. The van der Waals surface area contributed by atoms with Crippen molar-refractivity contribution in [2.45, 2.75) is 20.3 Å². The first-order valence-corrected chi connectivity index (χ1v) is 10.6. The van der Waals surface area contributed by atoms with Gasteiger partial charge >= 0.3 is 0 Å². The van der Waals surface area contributed by atoms with Crippen molar-refractivity contribution in [3.05, 3.63) is 82.6 Å². The smallest absolute Gasteiger partial charge is 0.270 e. The molecule has 0 saturated carbocycles. The molecule has 0 spiro atoms. The third kappa shape index (κ3) is 4.38. The van der Waals surface area contributed by atoms with Crippen molar-refractivity contribution < 1.29 is 14.4 Å². The van der Waals surface area contributed by atoms with Crippen LogP contribution in [0.5, 0.6) is 0 Å². The van der Waals surface area contributed by atoms with Crippen molar-refractivity contribution in [3.8, 4) is 0 Å². The van der Waals surface area contributed by atoms with Gasteiger partial charge in [-0.05, 0) is 62.4 Å². The van der Waals surface area contributed by atoms with Gasteiger partial charge in [0.15, 0.2) is 0 Å². The number of carbonyl (C=O) groups excluding carboxylic acids is 3. The molecule has 0 aliphatic carbocycles. The van der Waals surface area contributed by atoms with E-state index in [1.807, 2.05) is 26.0 Å². The molecule has 1 aromatic heterocycles. The van der Waals surface area contributed by atoms with E-state index in [-0.39, 0.29) is 30.7 Å². The summed E-state index contributed by atoms with van der Waals surface area (Å²) in [5.41, 5.74) is 6.34. The quantitative estimate of drug-likeness (QED) is 0.613. The minimum absolute atomic E-state index is 0.118. The molecule has 1 aliphatic heterocycles. The summed E-state index contributed by atoms with van der Waals surface area (Å²) in [6.45, 7) is 4.09. The first-order valence-electron chi connectivity index (χ1n) is 10.3. The lowest BCUT2D eigenvalue weighted by Gasteiger charge is -2.18. The van der Waals surface area contributed by atoms with E-state index in [2.05, 4.69) is 10.7 Å². The highest BCUT2D eigenvalue weighted by molar-refractivity contribution is 6.33. The van der Waals surface area contributed by atoms with Crippen LogP contribution in [0, 0.1) is 19.8 Å². The lowest BCUT2D eigenvalue weighted by atomic mass is 10.1. The number of nitrogens with zero attached hydrogens (tertiary/aromatic N) is 2. The van der Waals surface area contributed by atoms with Crippen LogP contribution in [0.3, 0.4) is 0 Å². The van der Waals surface area contributed by atoms with E-state index in [0.29, 0.717) is 22.0 Å². The van der Waals surface area contributed by atoms with Crippen molar-refractivity contribution in [1.29, 1.82) is 0 Å². The molecule has 0 bridgehead atoms. The van der Waals surface area contributed by atoms with Gasteiger partial charge in [-0.1, -0.05) is 23.7 Å². The molecule has 8 heteroatoms. The molecule has 7 nitrogen and oxygen atoms in total. The van der Waals surface area contributed by atoms with E-state index in [9.17, 15) is 14.4 Å². The average Bonchev–Trinajstić information content (AvgIpc) is 3.31. The Kier molecular flexibility index (Phi) is 6.01. The van der Waals surface area contributed by atoms with Crippen LogP contribution in [0.2, 0.25) is 5.02 Å². The Morgan fingerprint density at radius 1 is 0.969 bits per heavy atom. The van der Waals surface area contributed by atoms with Gasteiger partial charge in [-0.2, -0.15) is 0 Å². The maximum Gasteiger partial charge on any atom is 0.270 e. The summed E-state index contributed by atoms with van der Waals surface area (Å²) in [5.74, 6) is -1.12. The molecule has 32 heavy (non-hydrogen) atoms. The minimum atomic E-state index is -0.485. The van der Waals surface area contributed by atoms with E-state index in [1.54, 1.807) is 58.1 Å². The third-order valence-electron chi connectivity index (χ3n) is 5.54. The fraction of sp³-hybridized carbons (Fsp3) is 0.208. The van der Waals surface area contributed by atoms with Crippen LogP contribution in [0.25, 0.3) is 0 Å². The second-order valence-corrected chi connectivity index (χ2v) is 8.22. The lowest BCUT2D eigenvalue weighted by molar-refractivity contribution is -0.122. The second-order valence-electron chi connectivity index (χ2n) is 7.82. The number of anilines is 2. The van der Waals surface area contributed by atoms with Crippen molar-refractivity contribution in [2.24, 2.45) is 5.92 Å². The molecule has 0 unspecified atom stereocenters. The standard InChI is InChI=1S/C24H23ClN4O3/c1-15-7-8-16(2)29(15)27-24(32)17-9-11-19(12-10-17)26-23(31)18-13-22(30)28(14-18)21-6-4-3-5-20(21)25/h3-12,18H,13-14H2,1-2H3,(H,26,31)(H,27,32)/t18-/m0/s1. The predicted octanol–water partition coefficient (Wildman–Crippen LogP) is 4.13. The van der Waals surface area contributed by atoms with E-state index >= 15 is 0 Å². The number of carbonyl (C=O) groups is 3. The zero-order valence-electron chi connectivity index (χ0n) is 17.8. The van der Waals surface area contributed by atoms with Crippen LogP contribution in [-0.2, 0) is 9.59 Å². The number of aryl methyl sites for hydroxylation is 2. The molecule has 0 radical (unpaired) electrons. The van der Waals surface area contributed by atoms with Gasteiger partial charge in [-0.3, -0.25) is 24.5 Å². The summed E-state index contributed by atoms with van der Waals surface area (Å²) < 4.78 is 1.72. The predicted molar refractivity (Wildman–Crippen MR) is 125 cm³/mol. The van der Waals surface area contributed by atoms with Crippen LogP contribution in [0.15, 0.2) is 60.7 Å². The Labute approximate surface area is 190 Å². The summed E-state index contributed by atoms with van der Waals surface area (Å²) in [6.07, 6.45) is 0.118. The zero-order valence-corrected chi connectivity index (χ0v) is 18.5. The highest BCUT2D eigenvalue weighted by Gasteiger charge is 2.35. The number of aromatic nitrogens is 1. The van der Waals surface area contributed by atoms with Crippen molar-refractivity contribution in [2.75, 3.05) is 22.2 Å². The number of hydrogen-bond acceptors (Lipinski definition) is 3. The van der Waals surface area contributed by atoms with E-state index in [0.717, 1.165) is 11.4 Å². The minimum Gasteiger partial charge on any atom is -0.326 e. The summed E-state index contributed by atoms with van der Waals surface area (Å²) in [4.78, 5) is 39.2. The molecule has 2 aromatic carbocycles. The van der Waals surface area contributed by atoms with E-state index in [1.165, 1.54) is 0 Å². The van der Waals surface area contributed by atoms with Crippen molar-refractivity contribution in [1.82, 2.24) is 4.68 Å². The van der Waals surface area contributed by atoms with Crippen LogP contribution in [0.1, 0.15) is 28.2 Å². The van der Waals surface area contributed by atoms with Gasteiger partial charge in [-0.15, -0.1) is 0 Å². The summed E-state index contributed by atoms with van der Waals surface area (Å²) >= 11 is 6.20. The molecule has 3 amide bonds. The molecule has 2 heterocycles. The maximum atomic E-state index is 12.7.